The number of nitrogens with one attached hydrogen (secondary N) is 1. The number of nitrogens with zero attached hydrogens (tertiary/aromatic N) is 1. The lowest BCUT2D eigenvalue weighted by molar-refractivity contribution is 0.413. The van der Waals surface area contributed by atoms with Crippen molar-refractivity contribution in [1.29, 1.82) is 0 Å². The van der Waals surface area contributed by atoms with Gasteiger partial charge in [-0.25, -0.2) is 0 Å². The molecule has 2 bridgehead atoms. The molecule has 0 unspecified atom stereocenters. The van der Waals surface area contributed by atoms with Crippen LogP contribution in [0.3, 0.4) is 0 Å². The van der Waals surface area contributed by atoms with Crippen LogP contribution < -0.4 is 10.3 Å². The number of hydrogen-bond donors (Lipinski definition) is 1. The largest absolute Gasteiger partial charge is 0.497 e. The molecule has 4 nitrogen and oxygen atoms in total. The van der Waals surface area contributed by atoms with Gasteiger partial charge in [0, 0.05) is 35.9 Å². The Morgan fingerprint density at radius 1 is 1.22 bits per heavy atom. The van der Waals surface area contributed by atoms with E-state index in [0.29, 0.717) is 0 Å². The number of rotatable bonds is 3. The lowest BCUT2D eigenvalue weighted by atomic mass is 9.63. The van der Waals surface area contributed by atoms with E-state index >= 15 is 0 Å². The van der Waals surface area contributed by atoms with Crippen LogP contribution in [0.5, 0.6) is 5.75 Å². The van der Waals surface area contributed by atoms with Crippen molar-refractivity contribution in [2.75, 3.05) is 7.11 Å². The molecule has 0 saturated carbocycles. The summed E-state index contributed by atoms with van der Waals surface area (Å²) >= 11 is 0. The smallest absolute Gasteiger partial charge is 0.248 e. The second-order valence-corrected chi connectivity index (χ2v) is 7.35. The fraction of sp³-hybridized carbons (Fsp3) is 0.304. The molecule has 2 aliphatic rings. The first-order valence-corrected chi connectivity index (χ1v) is 9.31. The summed E-state index contributed by atoms with van der Waals surface area (Å²) in [5, 5.41) is 0. The van der Waals surface area contributed by atoms with Crippen molar-refractivity contribution in [2.45, 2.75) is 32.2 Å². The van der Waals surface area contributed by atoms with Gasteiger partial charge in [0.15, 0.2) is 0 Å². The van der Waals surface area contributed by atoms with Gasteiger partial charge in [-0.15, -0.1) is 0 Å². The molecule has 0 aliphatic heterocycles. The molecule has 1 N–H and O–H groups in total. The van der Waals surface area contributed by atoms with Crippen LogP contribution in [-0.4, -0.2) is 18.3 Å². The highest BCUT2D eigenvalue weighted by Gasteiger charge is 2.46. The summed E-state index contributed by atoms with van der Waals surface area (Å²) in [5.41, 5.74) is 5.31. The highest BCUT2D eigenvalue weighted by Crippen LogP contribution is 2.51. The number of hydrogen-bond acceptors (Lipinski definition) is 3. The number of allylic oxidation sites excluding steroid dienone is 2. The second kappa shape index (κ2) is 6.69. The number of benzene rings is 1. The molecule has 4 heteroatoms. The van der Waals surface area contributed by atoms with E-state index in [-0.39, 0.29) is 11.5 Å². The van der Waals surface area contributed by atoms with E-state index in [9.17, 15) is 4.79 Å². The number of H-pyrrole nitrogens is 1. The molecule has 2 aromatic rings. The van der Waals surface area contributed by atoms with Crippen LogP contribution in [0.4, 0.5) is 0 Å². The van der Waals surface area contributed by atoms with E-state index in [1.165, 1.54) is 11.1 Å². The Kier molecular flexibility index (Phi) is 4.34. The van der Waals surface area contributed by atoms with Crippen LogP contribution in [0.25, 0.3) is 0 Å². The molecular formula is C23H24N2O2. The first kappa shape index (κ1) is 17.5. The first-order chi connectivity index (χ1) is 13.1. The Labute approximate surface area is 159 Å². The van der Waals surface area contributed by atoms with Crippen molar-refractivity contribution in [3.8, 4) is 5.75 Å². The van der Waals surface area contributed by atoms with E-state index in [0.717, 1.165) is 35.4 Å². The van der Waals surface area contributed by atoms with Crippen molar-refractivity contribution in [3.05, 3.63) is 86.9 Å². The standard InChI is InChI=1S/C23H24N2O2/c1-4-19-17-11-15(2)13-23(19,20-9-10-22(26)25-21(20)12-17)24-14-16-5-7-18(27-3)8-6-16/h4-11,14,17H,12-13H2,1-3H3,(H,25,26)/b19-4+,24-14?/t17-,23+/m0/s1. The van der Waals surface area contributed by atoms with Gasteiger partial charge >= 0.3 is 0 Å². The van der Waals surface area contributed by atoms with Crippen LogP contribution in [0.15, 0.2) is 69.5 Å². The Morgan fingerprint density at radius 3 is 2.70 bits per heavy atom. The number of aromatic nitrogens is 1. The average molecular weight is 360 g/mol. The van der Waals surface area contributed by atoms with Gasteiger partial charge in [-0.1, -0.05) is 17.7 Å². The molecule has 1 aromatic heterocycles. The predicted molar refractivity (Wildman–Crippen MR) is 109 cm³/mol. The molecule has 0 saturated heterocycles. The first-order valence-electron chi connectivity index (χ1n) is 9.31. The van der Waals surface area contributed by atoms with E-state index in [4.69, 9.17) is 9.73 Å². The zero-order valence-electron chi connectivity index (χ0n) is 16.0. The molecule has 4 rings (SSSR count). The molecule has 1 heterocycles. The molecule has 2 atom stereocenters. The molecule has 1 aromatic carbocycles. The summed E-state index contributed by atoms with van der Waals surface area (Å²) in [4.78, 5) is 20.1. The van der Waals surface area contributed by atoms with E-state index < -0.39 is 5.54 Å². The molecule has 0 radical (unpaired) electrons. The lowest BCUT2D eigenvalue weighted by Crippen LogP contribution is -2.40. The molecule has 27 heavy (non-hydrogen) atoms. The summed E-state index contributed by atoms with van der Waals surface area (Å²) in [7, 11) is 1.66. The van der Waals surface area contributed by atoms with Gasteiger partial charge < -0.3 is 9.72 Å². The third-order valence-electron chi connectivity index (χ3n) is 5.63. The quantitative estimate of drug-likeness (QED) is 0.660. The normalized spacial score (nSPS) is 25.4. The minimum atomic E-state index is -0.448. The fourth-order valence-corrected chi connectivity index (χ4v) is 4.53. The van der Waals surface area contributed by atoms with Gasteiger partial charge in [0.05, 0.1) is 7.11 Å². The zero-order chi connectivity index (χ0) is 19.0. The maximum Gasteiger partial charge on any atom is 0.248 e. The minimum absolute atomic E-state index is 0.0502. The number of ether oxygens (including phenoxy) is 1. The lowest BCUT2D eigenvalue weighted by Gasteiger charge is -2.45. The highest BCUT2D eigenvalue weighted by atomic mass is 16.5. The van der Waals surface area contributed by atoms with E-state index in [1.54, 1.807) is 13.2 Å². The van der Waals surface area contributed by atoms with Crippen molar-refractivity contribution >= 4 is 6.21 Å². The van der Waals surface area contributed by atoms with Crippen molar-refractivity contribution < 1.29 is 4.74 Å². The summed E-state index contributed by atoms with van der Waals surface area (Å²) in [6.45, 7) is 4.26. The summed E-state index contributed by atoms with van der Waals surface area (Å²) in [6, 6.07) is 11.5. The highest BCUT2D eigenvalue weighted by molar-refractivity contribution is 5.81. The third-order valence-corrected chi connectivity index (χ3v) is 5.63. The van der Waals surface area contributed by atoms with E-state index in [2.05, 4.69) is 31.0 Å². The van der Waals surface area contributed by atoms with Crippen molar-refractivity contribution in [1.82, 2.24) is 4.98 Å². The Hall–Kier alpha value is -2.88. The maximum absolute atomic E-state index is 11.9. The fourth-order valence-electron chi connectivity index (χ4n) is 4.53. The maximum atomic E-state index is 11.9. The van der Waals surface area contributed by atoms with Gasteiger partial charge in [0.2, 0.25) is 5.56 Å². The van der Waals surface area contributed by atoms with Gasteiger partial charge in [-0.3, -0.25) is 9.79 Å². The summed E-state index contributed by atoms with van der Waals surface area (Å²) in [5.74, 6) is 1.11. The minimum Gasteiger partial charge on any atom is -0.497 e. The topological polar surface area (TPSA) is 54.4 Å². The predicted octanol–water partition coefficient (Wildman–Crippen LogP) is 4.17. The zero-order valence-corrected chi connectivity index (χ0v) is 16.0. The monoisotopic (exact) mass is 360 g/mol. The number of aromatic amines is 1. The molecule has 138 valence electrons. The number of fused-ring (bicyclic) bond motifs is 4. The SMILES string of the molecule is C/C=C1\[C@H]2C=C(C)C[C@]1(N=Cc1ccc(OC)cc1)c1ccc(=O)[nH]c1C2. The van der Waals surface area contributed by atoms with Crippen LogP contribution in [0.1, 0.15) is 37.1 Å². The third kappa shape index (κ3) is 2.95. The van der Waals surface area contributed by atoms with Crippen LogP contribution in [0.2, 0.25) is 0 Å². The summed E-state index contributed by atoms with van der Waals surface area (Å²) in [6.07, 6.45) is 8.12. The van der Waals surface area contributed by atoms with Gasteiger partial charge in [-0.05, 0) is 61.7 Å². The number of aliphatic imine (C=N–C) groups is 1. The van der Waals surface area contributed by atoms with Crippen LogP contribution >= 0.6 is 0 Å². The van der Waals surface area contributed by atoms with Gasteiger partial charge in [0.25, 0.3) is 0 Å². The molecule has 0 spiro atoms. The van der Waals surface area contributed by atoms with E-state index in [1.807, 2.05) is 36.5 Å². The molecule has 0 fully saturated rings. The Morgan fingerprint density at radius 2 is 2.00 bits per heavy atom. The summed E-state index contributed by atoms with van der Waals surface area (Å²) < 4.78 is 5.24. The van der Waals surface area contributed by atoms with Crippen molar-refractivity contribution in [2.24, 2.45) is 10.9 Å². The molecule has 2 aliphatic carbocycles. The number of methoxy groups -OCH3 is 1. The molecular weight excluding hydrogens is 336 g/mol. The second-order valence-electron chi connectivity index (χ2n) is 7.35. The van der Waals surface area contributed by atoms with Gasteiger partial charge in [-0.2, -0.15) is 0 Å². The number of pyridine rings is 1. The van der Waals surface area contributed by atoms with Crippen LogP contribution in [-0.2, 0) is 12.0 Å². The van der Waals surface area contributed by atoms with Gasteiger partial charge in [0.1, 0.15) is 11.3 Å². The van der Waals surface area contributed by atoms with Crippen LogP contribution in [0, 0.1) is 5.92 Å². The van der Waals surface area contributed by atoms with Crippen molar-refractivity contribution in [3.63, 3.8) is 0 Å². The average Bonchev–Trinajstić information content (AvgIpc) is 2.66. The molecule has 0 amide bonds. The Balaban J connectivity index is 1.86. The Bertz CT molecular complexity index is 1010.